The summed E-state index contributed by atoms with van der Waals surface area (Å²) >= 11 is 1.67. The lowest BCUT2D eigenvalue weighted by atomic mass is 10.2. The molecule has 2 aromatic rings. The minimum absolute atomic E-state index is 0.419. The molecule has 0 aliphatic rings. The Morgan fingerprint density at radius 1 is 1.47 bits per heavy atom. The summed E-state index contributed by atoms with van der Waals surface area (Å²) in [7, 11) is 0. The fourth-order valence-corrected chi connectivity index (χ4v) is 2.14. The van der Waals surface area contributed by atoms with Gasteiger partial charge in [0.15, 0.2) is 6.29 Å². The van der Waals surface area contributed by atoms with E-state index in [1.807, 2.05) is 37.4 Å². The number of carbonyl (C=O) groups is 1. The van der Waals surface area contributed by atoms with Crippen LogP contribution in [0.1, 0.15) is 23.1 Å². The van der Waals surface area contributed by atoms with E-state index in [9.17, 15) is 4.79 Å². The van der Waals surface area contributed by atoms with Gasteiger partial charge in [0, 0.05) is 4.90 Å². The Hall–Kier alpha value is -1.62. The zero-order chi connectivity index (χ0) is 12.3. The van der Waals surface area contributed by atoms with Gasteiger partial charge in [0.2, 0.25) is 0 Å². The second-order valence-electron chi connectivity index (χ2n) is 3.51. The number of rotatable bonds is 4. The standard InChI is InChI=1S/C12H13N3OS/c1-3-12-11(8-16)13-14-15(12)9-5-4-6-10(7-9)17-2/h4-8H,3H2,1-2H3. The molecule has 17 heavy (non-hydrogen) atoms. The minimum Gasteiger partial charge on any atom is -0.296 e. The molecule has 0 saturated heterocycles. The van der Waals surface area contributed by atoms with Crippen LogP contribution >= 0.6 is 11.8 Å². The summed E-state index contributed by atoms with van der Waals surface area (Å²) in [5.41, 5.74) is 2.20. The lowest BCUT2D eigenvalue weighted by molar-refractivity contribution is 0.111. The number of carbonyl (C=O) groups excluding carboxylic acids is 1. The van der Waals surface area contributed by atoms with Gasteiger partial charge in [-0.1, -0.05) is 18.2 Å². The smallest absolute Gasteiger partial charge is 0.172 e. The number of aldehydes is 1. The Balaban J connectivity index is 2.51. The Morgan fingerprint density at radius 3 is 2.94 bits per heavy atom. The van der Waals surface area contributed by atoms with Crippen LogP contribution in [-0.4, -0.2) is 27.5 Å². The van der Waals surface area contributed by atoms with E-state index >= 15 is 0 Å². The monoisotopic (exact) mass is 247 g/mol. The summed E-state index contributed by atoms with van der Waals surface area (Å²) in [6.45, 7) is 1.99. The average Bonchev–Trinajstić information content (AvgIpc) is 2.81. The van der Waals surface area contributed by atoms with Gasteiger partial charge in [-0.3, -0.25) is 4.79 Å². The van der Waals surface area contributed by atoms with E-state index in [-0.39, 0.29) is 0 Å². The van der Waals surface area contributed by atoms with E-state index in [1.165, 1.54) is 0 Å². The average molecular weight is 247 g/mol. The van der Waals surface area contributed by atoms with Gasteiger partial charge in [-0.2, -0.15) is 0 Å². The highest BCUT2D eigenvalue weighted by molar-refractivity contribution is 7.98. The van der Waals surface area contributed by atoms with E-state index in [0.717, 1.165) is 29.0 Å². The van der Waals surface area contributed by atoms with Crippen LogP contribution in [0.5, 0.6) is 0 Å². The summed E-state index contributed by atoms with van der Waals surface area (Å²) in [6, 6.07) is 8.01. The van der Waals surface area contributed by atoms with Crippen molar-refractivity contribution in [3.63, 3.8) is 0 Å². The van der Waals surface area contributed by atoms with E-state index in [4.69, 9.17) is 0 Å². The van der Waals surface area contributed by atoms with Gasteiger partial charge >= 0.3 is 0 Å². The number of aromatic nitrogens is 3. The molecule has 0 N–H and O–H groups in total. The van der Waals surface area contributed by atoms with E-state index in [2.05, 4.69) is 10.3 Å². The minimum atomic E-state index is 0.419. The number of thioether (sulfide) groups is 1. The predicted molar refractivity (Wildman–Crippen MR) is 67.9 cm³/mol. The largest absolute Gasteiger partial charge is 0.296 e. The molecule has 0 saturated carbocycles. The van der Waals surface area contributed by atoms with Crippen LogP contribution in [-0.2, 0) is 6.42 Å². The van der Waals surface area contributed by atoms with Crippen molar-refractivity contribution in [2.24, 2.45) is 0 Å². The third kappa shape index (κ3) is 2.24. The van der Waals surface area contributed by atoms with Crippen molar-refractivity contribution in [3.05, 3.63) is 35.7 Å². The molecule has 2 rings (SSSR count). The summed E-state index contributed by atoms with van der Waals surface area (Å²) < 4.78 is 1.73. The molecular weight excluding hydrogens is 234 g/mol. The number of benzene rings is 1. The molecule has 0 amide bonds. The second-order valence-corrected chi connectivity index (χ2v) is 4.39. The first-order chi connectivity index (χ1) is 8.30. The van der Waals surface area contributed by atoms with Crippen molar-refractivity contribution in [1.29, 1.82) is 0 Å². The van der Waals surface area contributed by atoms with Crippen LogP contribution in [0.2, 0.25) is 0 Å². The number of hydrogen-bond donors (Lipinski definition) is 0. The summed E-state index contributed by atoms with van der Waals surface area (Å²) in [5, 5.41) is 7.91. The van der Waals surface area contributed by atoms with Crippen molar-refractivity contribution in [1.82, 2.24) is 15.0 Å². The fraction of sp³-hybridized carbons (Fsp3) is 0.250. The summed E-state index contributed by atoms with van der Waals surface area (Å²) in [5.74, 6) is 0. The highest BCUT2D eigenvalue weighted by Gasteiger charge is 2.11. The molecule has 0 unspecified atom stereocenters. The molecule has 88 valence electrons. The second kappa shape index (κ2) is 5.14. The molecule has 1 aromatic heterocycles. The van der Waals surface area contributed by atoms with Gasteiger partial charge in [0.1, 0.15) is 5.69 Å². The summed E-state index contributed by atoms with van der Waals surface area (Å²) in [4.78, 5) is 12.0. The van der Waals surface area contributed by atoms with Crippen LogP contribution in [0.4, 0.5) is 0 Å². The van der Waals surface area contributed by atoms with Gasteiger partial charge in [-0.05, 0) is 30.9 Å². The maximum Gasteiger partial charge on any atom is 0.172 e. The molecule has 4 nitrogen and oxygen atoms in total. The van der Waals surface area contributed by atoms with Crippen molar-refractivity contribution >= 4 is 18.0 Å². The zero-order valence-electron chi connectivity index (χ0n) is 9.75. The van der Waals surface area contributed by atoms with Crippen LogP contribution < -0.4 is 0 Å². The van der Waals surface area contributed by atoms with Gasteiger partial charge in [0.25, 0.3) is 0 Å². The van der Waals surface area contributed by atoms with Crippen molar-refractivity contribution in [2.45, 2.75) is 18.2 Å². The van der Waals surface area contributed by atoms with Crippen LogP contribution in [0.25, 0.3) is 5.69 Å². The van der Waals surface area contributed by atoms with Crippen LogP contribution in [0.3, 0.4) is 0 Å². The van der Waals surface area contributed by atoms with Crippen LogP contribution in [0.15, 0.2) is 29.2 Å². The number of hydrogen-bond acceptors (Lipinski definition) is 4. The molecule has 0 fully saturated rings. The molecule has 0 aliphatic carbocycles. The Labute approximate surface area is 104 Å². The maximum absolute atomic E-state index is 10.8. The molecule has 0 aliphatic heterocycles. The molecular formula is C12H13N3OS. The van der Waals surface area contributed by atoms with E-state index in [0.29, 0.717) is 5.69 Å². The third-order valence-electron chi connectivity index (χ3n) is 2.54. The molecule has 1 heterocycles. The van der Waals surface area contributed by atoms with E-state index < -0.39 is 0 Å². The molecule has 0 radical (unpaired) electrons. The first-order valence-electron chi connectivity index (χ1n) is 5.34. The van der Waals surface area contributed by atoms with Gasteiger partial charge in [0.05, 0.1) is 11.4 Å². The molecule has 0 spiro atoms. The highest BCUT2D eigenvalue weighted by Crippen LogP contribution is 2.19. The lowest BCUT2D eigenvalue weighted by Crippen LogP contribution is -2.02. The van der Waals surface area contributed by atoms with Crippen molar-refractivity contribution < 1.29 is 4.79 Å². The van der Waals surface area contributed by atoms with Crippen LogP contribution in [0, 0.1) is 0 Å². The highest BCUT2D eigenvalue weighted by atomic mass is 32.2. The molecule has 1 aromatic carbocycles. The van der Waals surface area contributed by atoms with Gasteiger partial charge in [-0.25, -0.2) is 4.68 Å². The fourth-order valence-electron chi connectivity index (χ4n) is 1.69. The molecule has 0 bridgehead atoms. The Morgan fingerprint density at radius 2 is 2.29 bits per heavy atom. The van der Waals surface area contributed by atoms with E-state index in [1.54, 1.807) is 16.4 Å². The normalized spacial score (nSPS) is 10.5. The van der Waals surface area contributed by atoms with Crippen molar-refractivity contribution in [2.75, 3.05) is 6.26 Å². The SMILES string of the molecule is CCc1c(C=O)nnn1-c1cccc(SC)c1. The molecule has 0 atom stereocenters. The van der Waals surface area contributed by atoms with Gasteiger partial charge < -0.3 is 0 Å². The first kappa shape index (κ1) is 11.9. The summed E-state index contributed by atoms with van der Waals surface area (Å²) in [6.07, 6.45) is 3.50. The topological polar surface area (TPSA) is 47.8 Å². The predicted octanol–water partition coefficient (Wildman–Crippen LogP) is 2.36. The molecule has 5 heteroatoms. The third-order valence-corrected chi connectivity index (χ3v) is 3.26. The Bertz CT molecular complexity index is 536. The van der Waals surface area contributed by atoms with Gasteiger partial charge in [-0.15, -0.1) is 16.9 Å². The Kier molecular flexibility index (Phi) is 3.58. The lowest BCUT2D eigenvalue weighted by Gasteiger charge is -2.06. The first-order valence-corrected chi connectivity index (χ1v) is 6.56. The number of nitrogens with zero attached hydrogens (tertiary/aromatic N) is 3. The maximum atomic E-state index is 10.8. The zero-order valence-corrected chi connectivity index (χ0v) is 10.6. The van der Waals surface area contributed by atoms with Crippen molar-refractivity contribution in [3.8, 4) is 5.69 Å². The quantitative estimate of drug-likeness (QED) is 0.614.